The molecule has 1 aliphatic heterocycles. The van der Waals surface area contributed by atoms with Crippen LogP contribution in [0.5, 0.6) is 5.75 Å². The highest BCUT2D eigenvalue weighted by molar-refractivity contribution is 7.10. The molecule has 2 aromatic rings. The van der Waals surface area contributed by atoms with Crippen molar-refractivity contribution in [3.63, 3.8) is 0 Å². The Bertz CT molecular complexity index is 710. The van der Waals surface area contributed by atoms with Gasteiger partial charge in [0.25, 0.3) is 0 Å². The van der Waals surface area contributed by atoms with Gasteiger partial charge in [0.1, 0.15) is 5.75 Å². The molecule has 28 heavy (non-hydrogen) atoms. The van der Waals surface area contributed by atoms with E-state index in [1.54, 1.807) is 18.4 Å². The monoisotopic (exact) mass is 401 g/mol. The quantitative estimate of drug-likeness (QED) is 0.701. The van der Waals surface area contributed by atoms with Crippen molar-refractivity contribution >= 4 is 17.4 Å². The zero-order valence-electron chi connectivity index (χ0n) is 16.8. The fraction of sp³-hybridized carbons (Fsp3) is 0.500. The molecule has 1 aliphatic rings. The van der Waals surface area contributed by atoms with Crippen LogP contribution in [0.25, 0.3) is 0 Å². The lowest BCUT2D eigenvalue weighted by molar-refractivity contribution is 0.138. The summed E-state index contributed by atoms with van der Waals surface area (Å²) in [7, 11) is 1.66. The van der Waals surface area contributed by atoms with E-state index >= 15 is 0 Å². The van der Waals surface area contributed by atoms with Gasteiger partial charge < -0.3 is 15.4 Å². The number of nitrogens with one attached hydrogen (secondary N) is 2. The third-order valence-electron chi connectivity index (χ3n) is 5.44. The predicted octanol–water partition coefficient (Wildman–Crippen LogP) is 4.07. The molecular weight excluding hydrogens is 370 g/mol. The van der Waals surface area contributed by atoms with Crippen LogP contribution in [0.1, 0.15) is 36.2 Å². The molecule has 0 bridgehead atoms. The number of hydrogen-bond acceptors (Lipinski definition) is 4. The Balaban J connectivity index is 1.45. The standard InChI is InChI=1S/C22H31N3O2S/c1-17-10-13-25(14-11-17)20(21-4-3-15-28-21)16-24-22(26)23-12-9-18-5-7-19(27-2)8-6-18/h3-8,15,17,20H,9-14,16H2,1-2H3,(H2,23,24,26). The molecule has 2 N–H and O–H groups in total. The highest BCUT2D eigenvalue weighted by atomic mass is 32.1. The average Bonchev–Trinajstić information content (AvgIpc) is 3.24. The first-order valence-corrected chi connectivity index (χ1v) is 11.0. The molecule has 2 amide bonds. The minimum Gasteiger partial charge on any atom is -0.497 e. The molecule has 1 aromatic heterocycles. The number of rotatable bonds is 8. The number of carbonyl (C=O) groups is 1. The second-order valence-electron chi connectivity index (χ2n) is 7.48. The number of piperidine rings is 1. The van der Waals surface area contributed by atoms with Crippen LogP contribution in [0.15, 0.2) is 41.8 Å². The average molecular weight is 402 g/mol. The van der Waals surface area contributed by atoms with E-state index in [9.17, 15) is 4.79 Å². The van der Waals surface area contributed by atoms with E-state index in [0.717, 1.165) is 31.2 Å². The normalized spacial score (nSPS) is 16.5. The fourth-order valence-corrected chi connectivity index (χ4v) is 4.46. The predicted molar refractivity (Wildman–Crippen MR) is 115 cm³/mol. The second kappa shape index (κ2) is 10.5. The van der Waals surface area contributed by atoms with Gasteiger partial charge in [-0.2, -0.15) is 0 Å². The Hall–Kier alpha value is -2.05. The van der Waals surface area contributed by atoms with Crippen LogP contribution in [-0.4, -0.2) is 44.2 Å². The summed E-state index contributed by atoms with van der Waals surface area (Å²) in [5, 5.41) is 8.17. The summed E-state index contributed by atoms with van der Waals surface area (Å²) in [6, 6.07) is 12.4. The maximum atomic E-state index is 12.3. The molecule has 0 spiro atoms. The Labute approximate surface area is 172 Å². The number of hydrogen-bond donors (Lipinski definition) is 2. The fourth-order valence-electron chi connectivity index (χ4n) is 3.60. The number of thiophene rings is 1. The molecule has 0 aliphatic carbocycles. The number of benzene rings is 1. The molecular formula is C22H31N3O2S. The van der Waals surface area contributed by atoms with Crippen molar-refractivity contribution < 1.29 is 9.53 Å². The molecule has 0 saturated carbocycles. The van der Waals surface area contributed by atoms with Crippen LogP contribution < -0.4 is 15.4 Å². The number of carbonyl (C=O) groups excluding carboxylic acids is 1. The topological polar surface area (TPSA) is 53.6 Å². The number of likely N-dealkylation sites (tertiary alicyclic amines) is 1. The van der Waals surface area contributed by atoms with Gasteiger partial charge in [-0.3, -0.25) is 4.90 Å². The Kier molecular flexibility index (Phi) is 7.74. The molecule has 1 aromatic carbocycles. The van der Waals surface area contributed by atoms with Crippen LogP contribution >= 0.6 is 11.3 Å². The SMILES string of the molecule is COc1ccc(CCNC(=O)NCC(c2cccs2)N2CCC(C)CC2)cc1. The smallest absolute Gasteiger partial charge is 0.314 e. The van der Waals surface area contributed by atoms with E-state index in [1.807, 2.05) is 24.3 Å². The number of urea groups is 1. The van der Waals surface area contributed by atoms with Crippen LogP contribution in [0.3, 0.4) is 0 Å². The van der Waals surface area contributed by atoms with Crippen molar-refractivity contribution in [3.8, 4) is 5.75 Å². The van der Waals surface area contributed by atoms with Crippen molar-refractivity contribution in [1.82, 2.24) is 15.5 Å². The first kappa shape index (κ1) is 20.7. The molecule has 0 radical (unpaired) electrons. The van der Waals surface area contributed by atoms with E-state index in [1.165, 1.54) is 23.3 Å². The molecule has 5 nitrogen and oxygen atoms in total. The summed E-state index contributed by atoms with van der Waals surface area (Å²) in [5.74, 6) is 1.65. The van der Waals surface area contributed by atoms with Gasteiger partial charge in [0.15, 0.2) is 0 Å². The van der Waals surface area contributed by atoms with Gasteiger partial charge in [0.2, 0.25) is 0 Å². The van der Waals surface area contributed by atoms with Gasteiger partial charge in [-0.1, -0.05) is 25.1 Å². The van der Waals surface area contributed by atoms with Crippen molar-refractivity contribution in [1.29, 1.82) is 0 Å². The summed E-state index contributed by atoms with van der Waals surface area (Å²) < 4.78 is 5.17. The second-order valence-corrected chi connectivity index (χ2v) is 8.46. The summed E-state index contributed by atoms with van der Waals surface area (Å²) in [6.07, 6.45) is 3.27. The summed E-state index contributed by atoms with van der Waals surface area (Å²) in [5.41, 5.74) is 1.18. The molecule has 1 saturated heterocycles. The molecule has 1 atom stereocenters. The largest absolute Gasteiger partial charge is 0.497 e. The summed E-state index contributed by atoms with van der Waals surface area (Å²) in [6.45, 7) is 5.79. The van der Waals surface area contributed by atoms with E-state index in [-0.39, 0.29) is 12.1 Å². The molecule has 2 heterocycles. The maximum Gasteiger partial charge on any atom is 0.314 e. The maximum absolute atomic E-state index is 12.3. The molecule has 1 unspecified atom stereocenters. The summed E-state index contributed by atoms with van der Waals surface area (Å²) in [4.78, 5) is 16.1. The van der Waals surface area contributed by atoms with E-state index in [4.69, 9.17) is 4.74 Å². The van der Waals surface area contributed by atoms with E-state index < -0.39 is 0 Å². The first-order chi connectivity index (χ1) is 13.7. The minimum atomic E-state index is -0.0968. The number of methoxy groups -OCH3 is 1. The lowest BCUT2D eigenvalue weighted by Gasteiger charge is -2.36. The van der Waals surface area contributed by atoms with Crippen molar-refractivity contribution in [3.05, 3.63) is 52.2 Å². The molecule has 3 rings (SSSR count). The Morgan fingerprint density at radius 1 is 1.21 bits per heavy atom. The third-order valence-corrected chi connectivity index (χ3v) is 6.42. The van der Waals surface area contributed by atoms with E-state index in [2.05, 4.69) is 40.0 Å². The van der Waals surface area contributed by atoms with Gasteiger partial charge in [-0.05, 0) is 67.4 Å². The van der Waals surface area contributed by atoms with Gasteiger partial charge in [-0.15, -0.1) is 11.3 Å². The first-order valence-electron chi connectivity index (χ1n) is 10.1. The van der Waals surface area contributed by atoms with Crippen LogP contribution in [-0.2, 0) is 6.42 Å². The van der Waals surface area contributed by atoms with Crippen LogP contribution in [0.2, 0.25) is 0 Å². The molecule has 152 valence electrons. The molecule has 1 fully saturated rings. The lowest BCUT2D eigenvalue weighted by atomic mass is 9.97. The number of nitrogens with zero attached hydrogens (tertiary/aromatic N) is 1. The zero-order valence-corrected chi connectivity index (χ0v) is 17.6. The Morgan fingerprint density at radius 2 is 1.96 bits per heavy atom. The highest BCUT2D eigenvalue weighted by Gasteiger charge is 2.25. The van der Waals surface area contributed by atoms with Gasteiger partial charge in [0, 0.05) is 18.0 Å². The van der Waals surface area contributed by atoms with Gasteiger partial charge in [-0.25, -0.2) is 4.79 Å². The third kappa shape index (κ3) is 5.97. The molecule has 6 heteroatoms. The van der Waals surface area contributed by atoms with Crippen molar-refractivity contribution in [2.24, 2.45) is 5.92 Å². The van der Waals surface area contributed by atoms with Crippen molar-refractivity contribution in [2.45, 2.75) is 32.2 Å². The minimum absolute atomic E-state index is 0.0968. The lowest BCUT2D eigenvalue weighted by Crippen LogP contribution is -2.44. The van der Waals surface area contributed by atoms with Gasteiger partial charge in [0.05, 0.1) is 13.2 Å². The van der Waals surface area contributed by atoms with Gasteiger partial charge >= 0.3 is 6.03 Å². The summed E-state index contributed by atoms with van der Waals surface area (Å²) >= 11 is 1.77. The highest BCUT2D eigenvalue weighted by Crippen LogP contribution is 2.29. The number of amides is 2. The van der Waals surface area contributed by atoms with Crippen molar-refractivity contribution in [2.75, 3.05) is 33.3 Å². The van der Waals surface area contributed by atoms with E-state index in [0.29, 0.717) is 13.1 Å². The zero-order chi connectivity index (χ0) is 19.8. The van der Waals surface area contributed by atoms with Crippen LogP contribution in [0, 0.1) is 5.92 Å². The van der Waals surface area contributed by atoms with Crippen LogP contribution in [0.4, 0.5) is 4.79 Å². The Morgan fingerprint density at radius 3 is 2.61 bits per heavy atom. The number of ether oxygens (including phenoxy) is 1.